The van der Waals surface area contributed by atoms with E-state index in [0.717, 1.165) is 18.6 Å². The number of nitrogens with one attached hydrogen (secondary N) is 1. The Kier molecular flexibility index (Phi) is 5.39. The topological polar surface area (TPSA) is 86.1 Å². The van der Waals surface area contributed by atoms with Crippen LogP contribution in [0.3, 0.4) is 0 Å². The number of hydrogen-bond donors (Lipinski definition) is 1. The number of rotatable bonds is 6. The molecular formula is C20H28N4O4. The summed E-state index contributed by atoms with van der Waals surface area (Å²) in [6.07, 6.45) is 4.01. The molecule has 2 saturated heterocycles. The van der Waals surface area contributed by atoms with E-state index < -0.39 is 0 Å². The van der Waals surface area contributed by atoms with E-state index in [9.17, 15) is 14.4 Å². The second-order valence-electron chi connectivity index (χ2n) is 8.07. The fraction of sp³-hybridized carbons (Fsp3) is 0.650. The van der Waals surface area contributed by atoms with E-state index in [1.54, 1.807) is 17.2 Å². The molecule has 3 amide bonds. The Morgan fingerprint density at radius 3 is 2.64 bits per heavy atom. The van der Waals surface area contributed by atoms with Crippen molar-refractivity contribution in [1.82, 2.24) is 20.0 Å². The molecule has 1 aromatic rings. The minimum atomic E-state index is -0.287. The van der Waals surface area contributed by atoms with Crippen LogP contribution in [0.1, 0.15) is 31.9 Å². The van der Waals surface area contributed by atoms with Gasteiger partial charge in [-0.05, 0) is 31.9 Å². The first-order valence-electron chi connectivity index (χ1n) is 10.1. The smallest absolute Gasteiger partial charge is 0.237 e. The third-order valence-electron chi connectivity index (χ3n) is 5.97. The maximum absolute atomic E-state index is 12.9. The summed E-state index contributed by atoms with van der Waals surface area (Å²) in [6.45, 7) is 5.35. The minimum absolute atomic E-state index is 0.00115. The van der Waals surface area contributed by atoms with Crippen molar-refractivity contribution in [1.29, 1.82) is 0 Å². The van der Waals surface area contributed by atoms with Crippen molar-refractivity contribution in [2.24, 2.45) is 5.92 Å². The number of hydrogen-bond acceptors (Lipinski definition) is 5. The fourth-order valence-corrected chi connectivity index (χ4v) is 3.98. The van der Waals surface area contributed by atoms with E-state index in [1.165, 1.54) is 0 Å². The average Bonchev–Trinajstić information content (AvgIpc) is 3.22. The first-order valence-corrected chi connectivity index (χ1v) is 10.1. The third kappa shape index (κ3) is 4.22. The molecule has 8 nitrogen and oxygen atoms in total. The zero-order chi connectivity index (χ0) is 19.7. The molecule has 1 N–H and O–H groups in total. The van der Waals surface area contributed by atoms with Gasteiger partial charge in [0.2, 0.25) is 17.7 Å². The van der Waals surface area contributed by atoms with Gasteiger partial charge >= 0.3 is 0 Å². The number of nitrogens with zero attached hydrogens (tertiary/aromatic N) is 3. The number of amides is 3. The lowest BCUT2D eigenvalue weighted by Gasteiger charge is -2.38. The zero-order valence-electron chi connectivity index (χ0n) is 16.3. The first-order chi connectivity index (χ1) is 13.5. The van der Waals surface area contributed by atoms with Gasteiger partial charge in [0, 0.05) is 45.2 Å². The standard InChI is InChI=1S/C20H28N4O4/c1-14(19(26)21-16-4-5-16)22-6-8-23(9-7-22)20(27)15-11-18(25)24(12-15)13-17-3-2-10-28-17/h2-3,10,14-16H,4-9,11-13H2,1H3,(H,21,26). The molecule has 152 valence electrons. The quantitative estimate of drug-likeness (QED) is 0.764. The molecule has 8 heteroatoms. The second-order valence-corrected chi connectivity index (χ2v) is 8.07. The van der Waals surface area contributed by atoms with Gasteiger partial charge in [0.15, 0.2) is 0 Å². The minimum Gasteiger partial charge on any atom is -0.467 e. The van der Waals surface area contributed by atoms with E-state index in [-0.39, 0.29) is 36.1 Å². The molecule has 3 heterocycles. The predicted molar refractivity (Wildman–Crippen MR) is 101 cm³/mol. The van der Waals surface area contributed by atoms with Crippen LogP contribution in [0.25, 0.3) is 0 Å². The zero-order valence-corrected chi connectivity index (χ0v) is 16.3. The van der Waals surface area contributed by atoms with Crippen molar-refractivity contribution >= 4 is 17.7 Å². The van der Waals surface area contributed by atoms with Gasteiger partial charge in [0.1, 0.15) is 5.76 Å². The highest BCUT2D eigenvalue weighted by atomic mass is 16.3. The Bertz CT molecular complexity index is 723. The molecule has 1 aromatic heterocycles. The highest BCUT2D eigenvalue weighted by Crippen LogP contribution is 2.23. The van der Waals surface area contributed by atoms with Gasteiger partial charge in [-0.1, -0.05) is 0 Å². The van der Waals surface area contributed by atoms with Crippen molar-refractivity contribution < 1.29 is 18.8 Å². The largest absolute Gasteiger partial charge is 0.467 e. The van der Waals surface area contributed by atoms with E-state index in [1.807, 2.05) is 17.9 Å². The van der Waals surface area contributed by atoms with Crippen molar-refractivity contribution in [3.8, 4) is 0 Å². The number of likely N-dealkylation sites (tertiary alicyclic amines) is 1. The van der Waals surface area contributed by atoms with Crippen molar-refractivity contribution in [3.63, 3.8) is 0 Å². The van der Waals surface area contributed by atoms with Crippen LogP contribution >= 0.6 is 0 Å². The molecule has 2 aliphatic heterocycles. The number of carbonyl (C=O) groups excluding carboxylic acids is 3. The van der Waals surface area contributed by atoms with Crippen molar-refractivity contribution in [2.45, 2.75) is 44.8 Å². The molecule has 28 heavy (non-hydrogen) atoms. The lowest BCUT2D eigenvalue weighted by Crippen LogP contribution is -2.56. The van der Waals surface area contributed by atoms with Gasteiger partial charge in [-0.2, -0.15) is 0 Å². The van der Waals surface area contributed by atoms with Gasteiger partial charge in [0.05, 0.1) is 24.8 Å². The summed E-state index contributed by atoms with van der Waals surface area (Å²) in [5.74, 6) is 0.569. The molecule has 3 aliphatic rings. The SMILES string of the molecule is CC(C(=O)NC1CC1)N1CCN(C(=O)C2CC(=O)N(Cc3ccco3)C2)CC1. The highest BCUT2D eigenvalue weighted by Gasteiger charge is 2.38. The number of piperazine rings is 1. The molecule has 0 aromatic carbocycles. The van der Waals surface area contributed by atoms with E-state index in [0.29, 0.717) is 45.3 Å². The normalized spacial score (nSPS) is 24.5. The van der Waals surface area contributed by atoms with Gasteiger partial charge in [-0.25, -0.2) is 0 Å². The van der Waals surface area contributed by atoms with Gasteiger partial charge in [0.25, 0.3) is 0 Å². The summed E-state index contributed by atoms with van der Waals surface area (Å²) < 4.78 is 5.31. The monoisotopic (exact) mass is 388 g/mol. The Morgan fingerprint density at radius 2 is 2.00 bits per heavy atom. The second kappa shape index (κ2) is 7.95. The first kappa shape index (κ1) is 19.0. The van der Waals surface area contributed by atoms with E-state index in [4.69, 9.17) is 4.42 Å². The molecule has 4 rings (SSSR count). The highest BCUT2D eigenvalue weighted by molar-refractivity contribution is 5.89. The summed E-state index contributed by atoms with van der Waals surface area (Å²) in [6, 6.07) is 3.82. The predicted octanol–water partition coefficient (Wildman–Crippen LogP) is 0.439. The molecular weight excluding hydrogens is 360 g/mol. The summed E-state index contributed by atoms with van der Waals surface area (Å²) in [7, 11) is 0. The van der Waals surface area contributed by atoms with Crippen LogP contribution in [0.5, 0.6) is 0 Å². The summed E-state index contributed by atoms with van der Waals surface area (Å²) in [4.78, 5) is 43.1. The van der Waals surface area contributed by atoms with Crippen molar-refractivity contribution in [3.05, 3.63) is 24.2 Å². The summed E-state index contributed by atoms with van der Waals surface area (Å²) >= 11 is 0. The molecule has 0 spiro atoms. The number of carbonyl (C=O) groups is 3. The van der Waals surface area contributed by atoms with Gasteiger partial charge in [-0.3, -0.25) is 19.3 Å². The Balaban J connectivity index is 1.25. The molecule has 0 radical (unpaired) electrons. The van der Waals surface area contributed by atoms with Crippen LogP contribution in [0.15, 0.2) is 22.8 Å². The molecule has 2 unspecified atom stereocenters. The molecule has 2 atom stereocenters. The van der Waals surface area contributed by atoms with Crippen LogP contribution < -0.4 is 5.32 Å². The van der Waals surface area contributed by atoms with Crippen LogP contribution in [0.2, 0.25) is 0 Å². The van der Waals surface area contributed by atoms with Crippen molar-refractivity contribution in [2.75, 3.05) is 32.7 Å². The Morgan fingerprint density at radius 1 is 1.25 bits per heavy atom. The summed E-state index contributed by atoms with van der Waals surface area (Å²) in [5.41, 5.74) is 0. The number of furan rings is 1. The third-order valence-corrected chi connectivity index (χ3v) is 5.97. The summed E-state index contributed by atoms with van der Waals surface area (Å²) in [5, 5.41) is 3.05. The van der Waals surface area contributed by atoms with Gasteiger partial charge in [-0.15, -0.1) is 0 Å². The molecule has 0 bridgehead atoms. The van der Waals surface area contributed by atoms with Crippen LogP contribution in [-0.2, 0) is 20.9 Å². The van der Waals surface area contributed by atoms with Crippen LogP contribution in [0.4, 0.5) is 0 Å². The van der Waals surface area contributed by atoms with E-state index in [2.05, 4.69) is 10.2 Å². The Labute approximate surface area is 164 Å². The molecule has 1 aliphatic carbocycles. The fourth-order valence-electron chi connectivity index (χ4n) is 3.98. The lowest BCUT2D eigenvalue weighted by atomic mass is 10.1. The molecule has 3 fully saturated rings. The maximum Gasteiger partial charge on any atom is 0.237 e. The van der Waals surface area contributed by atoms with Crippen LogP contribution in [-0.4, -0.2) is 77.2 Å². The van der Waals surface area contributed by atoms with Crippen LogP contribution in [0, 0.1) is 5.92 Å². The average molecular weight is 388 g/mol. The van der Waals surface area contributed by atoms with Gasteiger partial charge < -0.3 is 19.5 Å². The molecule has 1 saturated carbocycles. The maximum atomic E-state index is 12.9. The lowest BCUT2D eigenvalue weighted by molar-refractivity contribution is -0.138. The van der Waals surface area contributed by atoms with E-state index >= 15 is 0 Å². The Hall–Kier alpha value is -2.35.